The van der Waals surface area contributed by atoms with Crippen LogP contribution in [0.4, 0.5) is 0 Å². The lowest BCUT2D eigenvalue weighted by Gasteiger charge is -2.30. The number of hydrogen-bond donors (Lipinski definition) is 3. The van der Waals surface area contributed by atoms with Crippen molar-refractivity contribution in [1.82, 2.24) is 4.57 Å². The predicted molar refractivity (Wildman–Crippen MR) is 132 cm³/mol. The number of fused-ring (bicyclic) bond motifs is 3. The van der Waals surface area contributed by atoms with Gasteiger partial charge in [0.15, 0.2) is 0 Å². The van der Waals surface area contributed by atoms with Crippen LogP contribution >= 0.6 is 0 Å². The van der Waals surface area contributed by atoms with E-state index in [0.717, 1.165) is 39.3 Å². The summed E-state index contributed by atoms with van der Waals surface area (Å²) >= 11 is 0. The smallest absolute Gasteiger partial charge is 0.127 e. The van der Waals surface area contributed by atoms with Gasteiger partial charge in [-0.25, -0.2) is 0 Å². The number of rotatable bonds is 7. The Morgan fingerprint density at radius 2 is 1.31 bits per heavy atom. The summed E-state index contributed by atoms with van der Waals surface area (Å²) < 4.78 is 2.30. The van der Waals surface area contributed by atoms with E-state index in [9.17, 15) is 5.11 Å². The number of quaternary nitrogens is 2. The molecule has 1 aromatic heterocycles. The first-order valence-electron chi connectivity index (χ1n) is 11.8. The third-order valence-electron chi connectivity index (χ3n) is 6.78. The third-order valence-corrected chi connectivity index (χ3v) is 6.78. The molecule has 0 saturated carbocycles. The Morgan fingerprint density at radius 3 is 1.97 bits per heavy atom. The summed E-state index contributed by atoms with van der Waals surface area (Å²) in [5, 5.41) is 13.5. The van der Waals surface area contributed by atoms with Gasteiger partial charge < -0.3 is 19.5 Å². The van der Waals surface area contributed by atoms with E-state index in [0.29, 0.717) is 6.54 Å². The molecule has 0 radical (unpaired) electrons. The molecule has 1 atom stereocenters. The summed E-state index contributed by atoms with van der Waals surface area (Å²) in [5.41, 5.74) is 3.69. The van der Waals surface area contributed by atoms with Crippen molar-refractivity contribution < 1.29 is 14.9 Å². The number of para-hydroxylation sites is 2. The minimum atomic E-state index is -0.344. The Kier molecular flexibility index (Phi) is 6.35. The van der Waals surface area contributed by atoms with Crippen LogP contribution in [-0.2, 0) is 6.54 Å². The molecule has 0 amide bonds. The molecular weight excluding hydrogens is 394 g/mol. The van der Waals surface area contributed by atoms with Crippen LogP contribution in [0.1, 0.15) is 5.56 Å². The van der Waals surface area contributed by atoms with Crippen LogP contribution in [0.2, 0.25) is 0 Å². The van der Waals surface area contributed by atoms with Crippen LogP contribution in [-0.4, -0.2) is 55.0 Å². The normalized spacial score (nSPS) is 20.3. The molecule has 3 aromatic carbocycles. The van der Waals surface area contributed by atoms with Crippen molar-refractivity contribution in [2.45, 2.75) is 12.6 Å². The minimum Gasteiger partial charge on any atom is -0.385 e. The van der Waals surface area contributed by atoms with Gasteiger partial charge in [-0.2, -0.15) is 0 Å². The van der Waals surface area contributed by atoms with Crippen molar-refractivity contribution in [2.75, 3.05) is 39.3 Å². The quantitative estimate of drug-likeness (QED) is 0.412. The number of aromatic nitrogens is 1. The Hall–Kier alpha value is -2.92. The van der Waals surface area contributed by atoms with Crippen LogP contribution in [0.5, 0.6) is 0 Å². The van der Waals surface area contributed by atoms with E-state index < -0.39 is 0 Å². The maximum Gasteiger partial charge on any atom is 0.127 e. The number of hydrogen-bond acceptors (Lipinski definition) is 1. The van der Waals surface area contributed by atoms with E-state index in [1.807, 2.05) is 0 Å². The molecule has 1 aliphatic heterocycles. The average Bonchev–Trinajstić information content (AvgIpc) is 3.15. The van der Waals surface area contributed by atoms with Crippen molar-refractivity contribution in [3.63, 3.8) is 0 Å². The van der Waals surface area contributed by atoms with Gasteiger partial charge in [0.2, 0.25) is 0 Å². The van der Waals surface area contributed by atoms with E-state index >= 15 is 0 Å². The first kappa shape index (κ1) is 21.0. The van der Waals surface area contributed by atoms with Gasteiger partial charge in [-0.15, -0.1) is 0 Å². The zero-order chi connectivity index (χ0) is 21.8. The largest absolute Gasteiger partial charge is 0.385 e. The van der Waals surface area contributed by atoms with Gasteiger partial charge in [0.25, 0.3) is 0 Å². The predicted octanol–water partition coefficient (Wildman–Crippen LogP) is 1.65. The van der Waals surface area contributed by atoms with Gasteiger partial charge in [-0.05, 0) is 23.8 Å². The zero-order valence-electron chi connectivity index (χ0n) is 18.6. The molecule has 4 heteroatoms. The van der Waals surface area contributed by atoms with Crippen LogP contribution < -0.4 is 9.80 Å². The highest BCUT2D eigenvalue weighted by atomic mass is 16.3. The molecule has 3 N–H and O–H groups in total. The number of aliphatic hydroxyl groups is 1. The second-order valence-electron chi connectivity index (χ2n) is 9.02. The Labute approximate surface area is 190 Å². The lowest BCUT2D eigenvalue weighted by Crippen LogP contribution is -3.28. The number of aliphatic hydroxyl groups excluding tert-OH is 1. The molecule has 4 nitrogen and oxygen atoms in total. The molecule has 2 heterocycles. The molecule has 1 saturated heterocycles. The van der Waals surface area contributed by atoms with Crippen LogP contribution in [0.3, 0.4) is 0 Å². The molecule has 32 heavy (non-hydrogen) atoms. The molecular formula is C28H33N3O+2. The maximum atomic E-state index is 11.0. The topological polar surface area (TPSA) is 34.0 Å². The van der Waals surface area contributed by atoms with Gasteiger partial charge in [0, 0.05) is 21.8 Å². The molecule has 1 fully saturated rings. The second kappa shape index (κ2) is 9.70. The standard InChI is InChI=1S/C28H31N3O/c32-24(22-31-27-14-6-4-12-25(27)26-13-5-7-15-28(26)31)21-30-19-17-29(18-20-30)16-8-11-23-9-2-1-3-10-23/h1-15,24,32H,16-22H2/p+2/b11-8+/t24-/m1/s1. The second-order valence-corrected chi connectivity index (χ2v) is 9.02. The van der Waals surface area contributed by atoms with Crippen molar-refractivity contribution in [1.29, 1.82) is 0 Å². The van der Waals surface area contributed by atoms with E-state index in [2.05, 4.69) is 95.6 Å². The molecule has 0 aliphatic carbocycles. The molecule has 0 spiro atoms. The Balaban J connectivity index is 1.16. The SMILES string of the molecule is O[C@@H](Cn1c2ccccc2c2ccccc21)C[NH+]1CC[NH+](C/C=C/c2ccccc2)CC1. The molecule has 5 rings (SSSR count). The fraction of sp³-hybridized carbons (Fsp3) is 0.286. The molecule has 0 unspecified atom stereocenters. The zero-order valence-corrected chi connectivity index (χ0v) is 18.6. The van der Waals surface area contributed by atoms with Crippen molar-refractivity contribution in [3.05, 3.63) is 90.5 Å². The lowest BCUT2D eigenvalue weighted by atomic mass is 10.2. The molecule has 4 aromatic rings. The van der Waals surface area contributed by atoms with E-state index in [1.165, 1.54) is 32.3 Å². The summed E-state index contributed by atoms with van der Waals surface area (Å²) in [6.07, 6.45) is 4.18. The fourth-order valence-corrected chi connectivity index (χ4v) is 5.10. The van der Waals surface area contributed by atoms with E-state index in [1.54, 1.807) is 4.90 Å². The van der Waals surface area contributed by atoms with Gasteiger partial charge in [-0.3, -0.25) is 0 Å². The van der Waals surface area contributed by atoms with Crippen molar-refractivity contribution in [2.24, 2.45) is 0 Å². The van der Waals surface area contributed by atoms with Crippen molar-refractivity contribution in [3.8, 4) is 0 Å². The van der Waals surface area contributed by atoms with E-state index in [4.69, 9.17) is 0 Å². The molecule has 164 valence electrons. The van der Waals surface area contributed by atoms with Gasteiger partial charge in [0.05, 0.1) is 13.1 Å². The number of piperazine rings is 1. The van der Waals surface area contributed by atoms with Crippen LogP contribution in [0.15, 0.2) is 84.9 Å². The summed E-state index contributed by atoms with van der Waals surface area (Å²) in [6.45, 7) is 7.11. The Morgan fingerprint density at radius 1 is 0.750 bits per heavy atom. The summed E-state index contributed by atoms with van der Waals surface area (Å²) in [4.78, 5) is 3.16. The highest BCUT2D eigenvalue weighted by Gasteiger charge is 2.25. The molecule has 1 aliphatic rings. The fourth-order valence-electron chi connectivity index (χ4n) is 5.10. The van der Waals surface area contributed by atoms with Crippen molar-refractivity contribution >= 4 is 27.9 Å². The highest BCUT2D eigenvalue weighted by molar-refractivity contribution is 6.07. The van der Waals surface area contributed by atoms with Gasteiger partial charge >= 0.3 is 0 Å². The van der Waals surface area contributed by atoms with Crippen LogP contribution in [0, 0.1) is 0 Å². The number of benzene rings is 3. The lowest BCUT2D eigenvalue weighted by molar-refractivity contribution is -1.01. The first-order valence-corrected chi connectivity index (χ1v) is 11.8. The number of nitrogens with zero attached hydrogens (tertiary/aromatic N) is 1. The van der Waals surface area contributed by atoms with Gasteiger partial charge in [0.1, 0.15) is 38.8 Å². The van der Waals surface area contributed by atoms with Crippen LogP contribution in [0.25, 0.3) is 27.9 Å². The number of nitrogens with one attached hydrogen (secondary N) is 2. The average molecular weight is 428 g/mol. The summed E-state index contributed by atoms with van der Waals surface area (Å²) in [6, 6.07) is 27.6. The summed E-state index contributed by atoms with van der Waals surface area (Å²) in [7, 11) is 0. The highest BCUT2D eigenvalue weighted by Crippen LogP contribution is 2.28. The minimum absolute atomic E-state index is 0.344. The Bertz CT molecular complexity index is 1140. The third kappa shape index (κ3) is 4.63. The molecule has 0 bridgehead atoms. The van der Waals surface area contributed by atoms with Gasteiger partial charge in [-0.1, -0.05) is 72.8 Å². The van der Waals surface area contributed by atoms with E-state index in [-0.39, 0.29) is 6.10 Å². The maximum absolute atomic E-state index is 11.0. The summed E-state index contributed by atoms with van der Waals surface area (Å²) in [5.74, 6) is 0. The first-order chi connectivity index (χ1) is 15.8. The monoisotopic (exact) mass is 427 g/mol.